The van der Waals surface area contributed by atoms with Crippen molar-refractivity contribution in [3.63, 3.8) is 0 Å². The number of nitrogens with zero attached hydrogens (tertiary/aromatic N) is 3. The first-order valence-corrected chi connectivity index (χ1v) is 9.75. The normalized spacial score (nSPS) is 11.8. The average molecular weight is 377 g/mol. The number of fused-ring (bicyclic) bond motifs is 5. The molecule has 4 aromatic rings. The number of ether oxygens (including phenoxy) is 1. The van der Waals surface area contributed by atoms with Crippen LogP contribution in [0, 0.1) is 6.92 Å². The molecule has 0 unspecified atom stereocenters. The average Bonchev–Trinajstić information content (AvgIpc) is 3.00. The summed E-state index contributed by atoms with van der Waals surface area (Å²) < 4.78 is 7.88. The summed E-state index contributed by atoms with van der Waals surface area (Å²) in [6.07, 6.45) is 3.05. The maximum absolute atomic E-state index is 5.58. The van der Waals surface area contributed by atoms with Crippen molar-refractivity contribution in [1.82, 2.24) is 14.5 Å². The van der Waals surface area contributed by atoms with E-state index in [1.165, 1.54) is 32.8 Å². The Kier molecular flexibility index (Phi) is 4.85. The van der Waals surface area contributed by atoms with Gasteiger partial charge in [-0.15, -0.1) is 0 Å². The van der Waals surface area contributed by atoms with Gasteiger partial charge in [-0.3, -0.25) is 0 Å². The monoisotopic (exact) mass is 376 g/mol. The van der Waals surface area contributed by atoms with Crippen LogP contribution < -0.4 is 10.1 Å². The van der Waals surface area contributed by atoms with E-state index in [9.17, 15) is 0 Å². The van der Waals surface area contributed by atoms with E-state index in [1.807, 2.05) is 12.3 Å². The smallest absolute Gasteiger partial charge is 0.136 e. The number of nitrogens with one attached hydrogen (secondary N) is 1. The molecule has 2 aromatic carbocycles. The Labute approximate surface area is 165 Å². The minimum absolute atomic E-state index is 0.904. The molecule has 0 radical (unpaired) electrons. The summed E-state index contributed by atoms with van der Waals surface area (Å²) in [6, 6.07) is 10.6. The summed E-state index contributed by atoms with van der Waals surface area (Å²) in [4.78, 5) is 6.94. The Morgan fingerprint density at radius 1 is 1.07 bits per heavy atom. The topological polar surface area (TPSA) is 42.3 Å². The van der Waals surface area contributed by atoms with Crippen molar-refractivity contribution in [3.8, 4) is 5.75 Å². The van der Waals surface area contributed by atoms with Crippen molar-refractivity contribution in [3.05, 3.63) is 42.1 Å². The fraction of sp³-hybridized carbons (Fsp3) is 0.348. The van der Waals surface area contributed by atoms with Crippen molar-refractivity contribution in [2.24, 2.45) is 7.05 Å². The molecule has 0 aliphatic rings. The summed E-state index contributed by atoms with van der Waals surface area (Å²) in [5.74, 6) is 1.87. The van der Waals surface area contributed by atoms with Crippen LogP contribution in [0.3, 0.4) is 0 Å². The predicted octanol–water partition coefficient (Wildman–Crippen LogP) is 4.56. The fourth-order valence-corrected chi connectivity index (χ4v) is 4.19. The molecule has 5 nitrogen and oxygen atoms in total. The van der Waals surface area contributed by atoms with Gasteiger partial charge in [-0.1, -0.05) is 18.2 Å². The first-order chi connectivity index (χ1) is 13.5. The molecule has 0 aliphatic heterocycles. The predicted molar refractivity (Wildman–Crippen MR) is 119 cm³/mol. The Morgan fingerprint density at radius 2 is 1.86 bits per heavy atom. The zero-order valence-corrected chi connectivity index (χ0v) is 17.3. The zero-order valence-electron chi connectivity index (χ0n) is 17.3. The van der Waals surface area contributed by atoms with Crippen molar-refractivity contribution >= 4 is 38.4 Å². The number of rotatable bonds is 6. The lowest BCUT2D eigenvalue weighted by Crippen LogP contribution is -2.16. The van der Waals surface area contributed by atoms with Gasteiger partial charge in [-0.05, 0) is 51.7 Å². The zero-order chi connectivity index (χ0) is 19.8. The van der Waals surface area contributed by atoms with Gasteiger partial charge in [0.05, 0.1) is 23.5 Å². The second-order valence-electron chi connectivity index (χ2n) is 7.67. The fourth-order valence-electron chi connectivity index (χ4n) is 4.19. The van der Waals surface area contributed by atoms with Crippen LogP contribution in [-0.2, 0) is 7.05 Å². The molecule has 0 fully saturated rings. The van der Waals surface area contributed by atoms with Crippen LogP contribution in [0.5, 0.6) is 5.75 Å². The van der Waals surface area contributed by atoms with Gasteiger partial charge in [0.1, 0.15) is 11.6 Å². The molecular formula is C23H28N4O. The van der Waals surface area contributed by atoms with E-state index in [2.05, 4.69) is 67.1 Å². The van der Waals surface area contributed by atoms with Gasteiger partial charge in [-0.2, -0.15) is 0 Å². The number of benzene rings is 2. The maximum Gasteiger partial charge on any atom is 0.136 e. The van der Waals surface area contributed by atoms with Gasteiger partial charge < -0.3 is 19.5 Å². The molecule has 0 spiro atoms. The highest BCUT2D eigenvalue weighted by atomic mass is 16.5. The third-order valence-electron chi connectivity index (χ3n) is 5.46. The summed E-state index contributed by atoms with van der Waals surface area (Å²) in [5.41, 5.74) is 3.64. The number of methoxy groups -OCH3 is 1. The summed E-state index contributed by atoms with van der Waals surface area (Å²) in [6.45, 7) is 4.09. The van der Waals surface area contributed by atoms with E-state index < -0.39 is 0 Å². The number of pyridine rings is 1. The van der Waals surface area contributed by atoms with E-state index in [4.69, 9.17) is 9.72 Å². The lowest BCUT2D eigenvalue weighted by Gasteiger charge is -2.11. The van der Waals surface area contributed by atoms with Crippen molar-refractivity contribution < 1.29 is 4.74 Å². The summed E-state index contributed by atoms with van der Waals surface area (Å²) >= 11 is 0. The highest BCUT2D eigenvalue weighted by molar-refractivity contribution is 6.21. The molecule has 28 heavy (non-hydrogen) atoms. The molecule has 0 bridgehead atoms. The highest BCUT2D eigenvalue weighted by Crippen LogP contribution is 2.39. The van der Waals surface area contributed by atoms with Gasteiger partial charge in [0, 0.05) is 35.9 Å². The molecular weight excluding hydrogens is 348 g/mol. The minimum Gasteiger partial charge on any atom is -0.496 e. The largest absolute Gasteiger partial charge is 0.496 e. The van der Waals surface area contributed by atoms with E-state index >= 15 is 0 Å². The second kappa shape index (κ2) is 7.32. The van der Waals surface area contributed by atoms with Crippen LogP contribution in [-0.4, -0.2) is 48.7 Å². The van der Waals surface area contributed by atoms with Gasteiger partial charge >= 0.3 is 0 Å². The number of hydrogen-bond donors (Lipinski definition) is 1. The van der Waals surface area contributed by atoms with Gasteiger partial charge in [-0.25, -0.2) is 4.98 Å². The first kappa shape index (κ1) is 18.6. The Hall–Kier alpha value is -2.79. The van der Waals surface area contributed by atoms with Crippen molar-refractivity contribution in [2.75, 3.05) is 39.6 Å². The van der Waals surface area contributed by atoms with Crippen LogP contribution in [0.15, 0.2) is 36.5 Å². The molecule has 146 valence electrons. The van der Waals surface area contributed by atoms with Crippen LogP contribution in [0.2, 0.25) is 0 Å². The minimum atomic E-state index is 0.904. The molecule has 2 heterocycles. The Bertz CT molecular complexity index is 1160. The molecule has 0 saturated heterocycles. The molecule has 0 aliphatic carbocycles. The Morgan fingerprint density at radius 3 is 2.61 bits per heavy atom. The van der Waals surface area contributed by atoms with Crippen LogP contribution in [0.1, 0.15) is 12.0 Å². The third-order valence-corrected chi connectivity index (χ3v) is 5.46. The number of aryl methyl sites for hydroxylation is 2. The third kappa shape index (κ3) is 2.96. The van der Waals surface area contributed by atoms with Crippen molar-refractivity contribution in [1.29, 1.82) is 0 Å². The van der Waals surface area contributed by atoms with E-state index in [0.29, 0.717) is 0 Å². The Balaban J connectivity index is 1.93. The van der Waals surface area contributed by atoms with E-state index in [0.717, 1.165) is 36.5 Å². The van der Waals surface area contributed by atoms with E-state index in [-0.39, 0.29) is 0 Å². The quantitative estimate of drug-likeness (QED) is 0.501. The van der Waals surface area contributed by atoms with Crippen LogP contribution >= 0.6 is 0 Å². The van der Waals surface area contributed by atoms with Crippen molar-refractivity contribution in [2.45, 2.75) is 13.3 Å². The highest BCUT2D eigenvalue weighted by Gasteiger charge is 2.17. The van der Waals surface area contributed by atoms with E-state index in [1.54, 1.807) is 7.11 Å². The second-order valence-corrected chi connectivity index (χ2v) is 7.67. The molecule has 5 heteroatoms. The SMILES string of the molecule is COc1cccc2c1ccc1c3c(NCCCN(C)C)ncc(C)c3n(C)c21. The van der Waals surface area contributed by atoms with Gasteiger partial charge in [0.2, 0.25) is 0 Å². The maximum atomic E-state index is 5.58. The van der Waals surface area contributed by atoms with Gasteiger partial charge in [0.25, 0.3) is 0 Å². The number of anilines is 1. The summed E-state index contributed by atoms with van der Waals surface area (Å²) in [7, 11) is 8.08. The molecule has 0 amide bonds. The van der Waals surface area contributed by atoms with Crippen LogP contribution in [0.4, 0.5) is 5.82 Å². The van der Waals surface area contributed by atoms with Crippen LogP contribution in [0.25, 0.3) is 32.6 Å². The molecule has 2 aromatic heterocycles. The standard InChI is InChI=1S/C23H28N4O/c1-15-14-25-23(24-12-7-13-26(2)3)20-18-11-10-16-17(8-6-9-19(16)28-5)22(18)27(4)21(15)20/h6,8-11,14H,7,12-13H2,1-5H3,(H,24,25). The molecule has 1 N–H and O–H groups in total. The first-order valence-electron chi connectivity index (χ1n) is 9.75. The molecule has 4 rings (SSSR count). The lowest BCUT2D eigenvalue weighted by atomic mass is 10.0. The molecule has 0 atom stereocenters. The lowest BCUT2D eigenvalue weighted by molar-refractivity contribution is 0.405. The number of aromatic nitrogens is 2. The number of hydrogen-bond acceptors (Lipinski definition) is 4. The molecule has 0 saturated carbocycles. The summed E-state index contributed by atoms with van der Waals surface area (Å²) in [5, 5.41) is 8.33. The van der Waals surface area contributed by atoms with Gasteiger partial charge in [0.15, 0.2) is 0 Å².